The molecule has 0 aliphatic heterocycles. The number of aromatic nitrogens is 4. The van der Waals surface area contributed by atoms with Crippen LogP contribution in [-0.4, -0.2) is 19.9 Å². The van der Waals surface area contributed by atoms with E-state index in [1.54, 1.807) is 18.5 Å². The van der Waals surface area contributed by atoms with E-state index in [9.17, 15) is 13.6 Å². The first kappa shape index (κ1) is 18.9. The van der Waals surface area contributed by atoms with Crippen molar-refractivity contribution in [2.45, 2.75) is 13.1 Å². The van der Waals surface area contributed by atoms with Gasteiger partial charge in [-0.05, 0) is 35.4 Å². The molecule has 6 nitrogen and oxygen atoms in total. The summed E-state index contributed by atoms with van der Waals surface area (Å²) in [4.78, 5) is 28.5. The SMILES string of the molecule is O=c1cc(CN(Cc2ccncc2)c2cc(Cl)ncn2)c2ccc(F)c(F)c2[nH]1. The molecule has 0 aliphatic carbocycles. The third kappa shape index (κ3) is 4.07. The normalized spacial score (nSPS) is 11.0. The molecule has 3 heterocycles. The van der Waals surface area contributed by atoms with Gasteiger partial charge in [0.15, 0.2) is 11.6 Å². The van der Waals surface area contributed by atoms with Crippen molar-refractivity contribution in [2.75, 3.05) is 4.90 Å². The van der Waals surface area contributed by atoms with Crippen LogP contribution >= 0.6 is 11.6 Å². The third-order valence-corrected chi connectivity index (χ3v) is 4.63. The van der Waals surface area contributed by atoms with Crippen molar-refractivity contribution in [3.05, 3.63) is 93.4 Å². The number of fused-ring (bicyclic) bond motifs is 1. The van der Waals surface area contributed by atoms with Crippen LogP contribution in [0.25, 0.3) is 10.9 Å². The maximum Gasteiger partial charge on any atom is 0.248 e. The van der Waals surface area contributed by atoms with Crippen LogP contribution < -0.4 is 10.5 Å². The highest BCUT2D eigenvalue weighted by Crippen LogP contribution is 2.25. The molecule has 1 N–H and O–H groups in total. The summed E-state index contributed by atoms with van der Waals surface area (Å²) in [6, 6.07) is 9.13. The number of halogens is 3. The van der Waals surface area contributed by atoms with E-state index in [4.69, 9.17) is 11.6 Å². The van der Waals surface area contributed by atoms with Crippen LogP contribution in [0.1, 0.15) is 11.1 Å². The van der Waals surface area contributed by atoms with Gasteiger partial charge in [0.1, 0.15) is 17.3 Å². The fraction of sp³-hybridized carbons (Fsp3) is 0.100. The number of H-pyrrole nitrogens is 1. The summed E-state index contributed by atoms with van der Waals surface area (Å²) < 4.78 is 27.8. The molecule has 0 amide bonds. The van der Waals surface area contributed by atoms with Crippen LogP contribution in [-0.2, 0) is 13.1 Å². The van der Waals surface area contributed by atoms with Gasteiger partial charge in [0.2, 0.25) is 5.56 Å². The number of rotatable bonds is 5. The summed E-state index contributed by atoms with van der Waals surface area (Å²) in [7, 11) is 0. The maximum absolute atomic E-state index is 14.2. The smallest absolute Gasteiger partial charge is 0.248 e. The quantitative estimate of drug-likeness (QED) is 0.503. The second-order valence-corrected chi connectivity index (χ2v) is 6.74. The monoisotopic (exact) mass is 413 g/mol. The lowest BCUT2D eigenvalue weighted by atomic mass is 10.1. The fourth-order valence-corrected chi connectivity index (χ4v) is 3.24. The minimum absolute atomic E-state index is 0.169. The minimum atomic E-state index is -1.09. The van der Waals surface area contributed by atoms with E-state index < -0.39 is 17.2 Å². The second-order valence-electron chi connectivity index (χ2n) is 6.35. The average Bonchev–Trinajstić information content (AvgIpc) is 2.71. The largest absolute Gasteiger partial charge is 0.348 e. The van der Waals surface area contributed by atoms with Gasteiger partial charge in [0.25, 0.3) is 0 Å². The Morgan fingerprint density at radius 3 is 2.59 bits per heavy atom. The number of aromatic amines is 1. The van der Waals surface area contributed by atoms with Crippen molar-refractivity contribution in [2.24, 2.45) is 0 Å². The molecule has 0 saturated heterocycles. The molecule has 1 aromatic carbocycles. The van der Waals surface area contributed by atoms with Crippen molar-refractivity contribution in [1.29, 1.82) is 0 Å². The van der Waals surface area contributed by atoms with Gasteiger partial charge in [-0.15, -0.1) is 0 Å². The van der Waals surface area contributed by atoms with Crippen molar-refractivity contribution >= 4 is 28.3 Å². The zero-order valence-corrected chi connectivity index (χ0v) is 15.7. The topological polar surface area (TPSA) is 74.8 Å². The van der Waals surface area contributed by atoms with E-state index >= 15 is 0 Å². The first-order valence-electron chi connectivity index (χ1n) is 8.62. The molecule has 0 bridgehead atoms. The summed E-state index contributed by atoms with van der Waals surface area (Å²) >= 11 is 6.02. The molecule has 3 aromatic heterocycles. The molecular weight excluding hydrogens is 400 g/mol. The molecule has 0 atom stereocenters. The molecule has 146 valence electrons. The highest BCUT2D eigenvalue weighted by molar-refractivity contribution is 6.29. The van der Waals surface area contributed by atoms with E-state index in [-0.39, 0.29) is 17.2 Å². The molecule has 0 aliphatic rings. The molecule has 0 saturated carbocycles. The molecular formula is C20H14ClF2N5O. The molecule has 0 spiro atoms. The molecule has 4 aromatic rings. The Bertz CT molecular complexity index is 1230. The van der Waals surface area contributed by atoms with Crippen molar-refractivity contribution in [3.8, 4) is 0 Å². The van der Waals surface area contributed by atoms with Crippen LogP contribution in [0.15, 0.2) is 59.9 Å². The number of hydrogen-bond acceptors (Lipinski definition) is 5. The molecule has 0 radical (unpaired) electrons. The standard InChI is InChI=1S/C20H14ClF2N5O/c21-16-8-17(26-11-25-16)28(9-12-3-5-24-6-4-12)10-13-7-18(29)27-20-14(13)1-2-15(22)19(20)23/h1-8,11H,9-10H2,(H,27,29). The van der Waals surface area contributed by atoms with Gasteiger partial charge in [0, 0.05) is 43.0 Å². The Morgan fingerprint density at radius 1 is 1.03 bits per heavy atom. The summed E-state index contributed by atoms with van der Waals surface area (Å²) in [5, 5.41) is 0.669. The first-order chi connectivity index (χ1) is 14.0. The van der Waals surface area contributed by atoms with Crippen LogP contribution in [0.5, 0.6) is 0 Å². The van der Waals surface area contributed by atoms with Gasteiger partial charge in [0.05, 0.1) is 5.52 Å². The zero-order chi connectivity index (χ0) is 20.4. The summed E-state index contributed by atoms with van der Waals surface area (Å²) in [5.41, 5.74) is 0.770. The summed E-state index contributed by atoms with van der Waals surface area (Å²) in [5.74, 6) is -1.59. The average molecular weight is 414 g/mol. The Balaban J connectivity index is 1.80. The van der Waals surface area contributed by atoms with Crippen LogP contribution in [0.2, 0.25) is 5.15 Å². The van der Waals surface area contributed by atoms with E-state index in [1.807, 2.05) is 17.0 Å². The zero-order valence-electron chi connectivity index (χ0n) is 14.9. The Hall–Kier alpha value is -3.39. The highest BCUT2D eigenvalue weighted by Gasteiger charge is 2.16. The minimum Gasteiger partial charge on any atom is -0.348 e. The van der Waals surface area contributed by atoms with Crippen molar-refractivity contribution in [1.82, 2.24) is 19.9 Å². The second kappa shape index (κ2) is 7.92. The van der Waals surface area contributed by atoms with Crippen LogP contribution in [0, 0.1) is 11.6 Å². The van der Waals surface area contributed by atoms with Gasteiger partial charge >= 0.3 is 0 Å². The van der Waals surface area contributed by atoms with Gasteiger partial charge in [-0.25, -0.2) is 18.7 Å². The number of anilines is 1. The van der Waals surface area contributed by atoms with Gasteiger partial charge < -0.3 is 9.88 Å². The lowest BCUT2D eigenvalue weighted by molar-refractivity contribution is 0.515. The summed E-state index contributed by atoms with van der Waals surface area (Å²) in [6.07, 6.45) is 4.67. The van der Waals surface area contributed by atoms with Crippen LogP contribution in [0.4, 0.5) is 14.6 Å². The first-order valence-corrected chi connectivity index (χ1v) is 9.00. The van der Waals surface area contributed by atoms with Crippen molar-refractivity contribution in [3.63, 3.8) is 0 Å². The number of hydrogen-bond donors (Lipinski definition) is 1. The van der Waals surface area contributed by atoms with Gasteiger partial charge in [-0.1, -0.05) is 11.6 Å². The van der Waals surface area contributed by atoms with E-state index in [2.05, 4.69) is 19.9 Å². The fourth-order valence-electron chi connectivity index (χ4n) is 3.10. The highest BCUT2D eigenvalue weighted by atomic mass is 35.5. The third-order valence-electron chi connectivity index (χ3n) is 4.42. The lowest BCUT2D eigenvalue weighted by Crippen LogP contribution is -2.24. The molecule has 0 fully saturated rings. The van der Waals surface area contributed by atoms with E-state index in [0.29, 0.717) is 23.3 Å². The molecule has 0 unspecified atom stereocenters. The van der Waals surface area contributed by atoms with E-state index in [1.165, 1.54) is 18.5 Å². The Kier molecular flexibility index (Phi) is 5.18. The van der Waals surface area contributed by atoms with Gasteiger partial charge in [-0.2, -0.15) is 0 Å². The number of nitrogens with one attached hydrogen (secondary N) is 1. The van der Waals surface area contributed by atoms with Crippen LogP contribution in [0.3, 0.4) is 0 Å². The van der Waals surface area contributed by atoms with Crippen molar-refractivity contribution < 1.29 is 8.78 Å². The number of nitrogens with zero attached hydrogens (tertiary/aromatic N) is 4. The summed E-state index contributed by atoms with van der Waals surface area (Å²) in [6.45, 7) is 0.634. The van der Waals surface area contributed by atoms with E-state index in [0.717, 1.165) is 11.6 Å². The Morgan fingerprint density at radius 2 is 1.83 bits per heavy atom. The molecule has 29 heavy (non-hydrogen) atoms. The molecule has 4 rings (SSSR count). The molecule has 9 heteroatoms. The predicted molar refractivity (Wildman–Crippen MR) is 106 cm³/mol. The lowest BCUT2D eigenvalue weighted by Gasteiger charge is -2.24. The maximum atomic E-state index is 14.2. The number of pyridine rings is 2. The van der Waals surface area contributed by atoms with Gasteiger partial charge in [-0.3, -0.25) is 9.78 Å². The Labute approximate surface area is 168 Å². The number of benzene rings is 1. The predicted octanol–water partition coefficient (Wildman–Crippen LogP) is 3.85.